The molecule has 0 aromatic heterocycles. The molecule has 0 radical (unpaired) electrons. The van der Waals surface area contributed by atoms with Gasteiger partial charge in [0.25, 0.3) is 0 Å². The van der Waals surface area contributed by atoms with Crippen molar-refractivity contribution >= 4 is 43.5 Å². The molecule has 0 amide bonds. The number of hydrogen-bond acceptors (Lipinski definition) is 2. The summed E-state index contributed by atoms with van der Waals surface area (Å²) in [5.41, 5.74) is 4.99. The van der Waals surface area contributed by atoms with Crippen LogP contribution in [0.3, 0.4) is 0 Å². The third kappa shape index (κ3) is 7.64. The van der Waals surface area contributed by atoms with Gasteiger partial charge in [0.1, 0.15) is 5.75 Å². The van der Waals surface area contributed by atoms with Crippen molar-refractivity contribution in [1.29, 1.82) is 0 Å². The molecule has 1 atom stereocenters. The summed E-state index contributed by atoms with van der Waals surface area (Å²) in [5.74, 6) is 0.481. The molecule has 0 aliphatic carbocycles. The van der Waals surface area contributed by atoms with E-state index in [0.29, 0.717) is 14.3 Å². The van der Waals surface area contributed by atoms with E-state index in [0.717, 1.165) is 24.0 Å². The van der Waals surface area contributed by atoms with Crippen molar-refractivity contribution in [2.24, 2.45) is 0 Å². The molecule has 0 bridgehead atoms. The number of rotatable bonds is 3. The molecule has 6 heteroatoms. The second-order valence-corrected chi connectivity index (χ2v) is 14.6. The van der Waals surface area contributed by atoms with Crippen LogP contribution in [0.15, 0.2) is 30.3 Å². The summed E-state index contributed by atoms with van der Waals surface area (Å²) >= 11 is -0.556. The van der Waals surface area contributed by atoms with Gasteiger partial charge in [-0.1, -0.05) is 68.3 Å². The van der Waals surface area contributed by atoms with Gasteiger partial charge in [-0.25, -0.2) is 0 Å². The zero-order valence-electron chi connectivity index (χ0n) is 20.6. The summed E-state index contributed by atoms with van der Waals surface area (Å²) in [4.78, 5) is 2.55. The van der Waals surface area contributed by atoms with Crippen LogP contribution < -0.4 is 15.5 Å². The minimum atomic E-state index is -0.556. The van der Waals surface area contributed by atoms with Crippen molar-refractivity contribution in [3.8, 4) is 5.75 Å². The number of anilines is 1. The van der Waals surface area contributed by atoms with Gasteiger partial charge in [0.05, 0.1) is 0 Å². The number of hydrogen-bond donors (Lipinski definition) is 1. The Hall–Kier alpha value is -0.236. The van der Waals surface area contributed by atoms with Crippen molar-refractivity contribution in [1.82, 2.24) is 0 Å². The summed E-state index contributed by atoms with van der Waals surface area (Å²) in [7, 11) is 10.2. The van der Waals surface area contributed by atoms with Crippen molar-refractivity contribution in [2.75, 3.05) is 18.0 Å². The SMILES string of the molecule is Cc1ccc(Pc2cc(C(C)(C)C)cc(C(C)(C)C)c2O)c(N2CCCCC2)c1.[Cl][Ti][Cl]. The first-order valence-corrected chi connectivity index (χ1v) is 16.6. The first kappa shape index (κ1) is 28.0. The fraction of sp³-hybridized carbons (Fsp3) is 0.538. The zero-order chi connectivity index (χ0) is 24.1. The van der Waals surface area contributed by atoms with Crippen LogP contribution in [0, 0.1) is 6.92 Å². The Morgan fingerprint density at radius 1 is 0.875 bits per heavy atom. The van der Waals surface area contributed by atoms with Crippen molar-refractivity contribution in [3.63, 3.8) is 0 Å². The quantitative estimate of drug-likeness (QED) is 0.333. The van der Waals surface area contributed by atoms with E-state index in [-0.39, 0.29) is 10.8 Å². The Balaban J connectivity index is 0.00000114. The van der Waals surface area contributed by atoms with E-state index >= 15 is 0 Å². The Morgan fingerprint density at radius 3 is 2.00 bits per heavy atom. The Kier molecular flexibility index (Phi) is 10.5. The average Bonchev–Trinajstić information content (AvgIpc) is 2.70. The first-order chi connectivity index (χ1) is 14.9. The molecule has 3 rings (SSSR count). The second-order valence-electron chi connectivity index (χ2n) is 10.7. The zero-order valence-corrected chi connectivity index (χ0v) is 24.6. The molecule has 2 aromatic carbocycles. The van der Waals surface area contributed by atoms with Crippen molar-refractivity contribution in [2.45, 2.75) is 78.6 Å². The summed E-state index contributed by atoms with van der Waals surface area (Å²) in [6, 6.07) is 11.3. The molecular formula is C26H38Cl2NOPTi. The number of halogens is 2. The van der Waals surface area contributed by atoms with E-state index in [9.17, 15) is 5.11 Å². The Bertz CT molecular complexity index is 900. The van der Waals surface area contributed by atoms with Gasteiger partial charge in [-0.05, 0) is 60.3 Å². The summed E-state index contributed by atoms with van der Waals surface area (Å²) in [6.45, 7) is 17.8. The predicted molar refractivity (Wildman–Crippen MR) is 142 cm³/mol. The topological polar surface area (TPSA) is 23.5 Å². The van der Waals surface area contributed by atoms with Gasteiger partial charge in [-0.15, -0.1) is 0 Å². The van der Waals surface area contributed by atoms with Crippen LogP contribution in [0.1, 0.15) is 77.5 Å². The Labute approximate surface area is 213 Å². The van der Waals surface area contributed by atoms with Gasteiger partial charge in [0, 0.05) is 34.9 Å². The van der Waals surface area contributed by atoms with Gasteiger partial charge in [0.2, 0.25) is 0 Å². The number of aromatic hydroxyl groups is 1. The first-order valence-electron chi connectivity index (χ1n) is 11.4. The summed E-state index contributed by atoms with van der Waals surface area (Å²) in [5, 5.41) is 13.6. The van der Waals surface area contributed by atoms with Crippen molar-refractivity contribution in [3.05, 3.63) is 47.0 Å². The summed E-state index contributed by atoms with van der Waals surface area (Å²) in [6.07, 6.45) is 3.88. The van der Waals surface area contributed by atoms with E-state index in [1.807, 2.05) is 0 Å². The number of nitrogens with zero attached hydrogens (tertiary/aromatic N) is 1. The number of phenols is 1. The van der Waals surface area contributed by atoms with E-state index < -0.39 is 17.0 Å². The van der Waals surface area contributed by atoms with Gasteiger partial charge in [-0.3, -0.25) is 0 Å². The van der Waals surface area contributed by atoms with Crippen LogP contribution in [0.25, 0.3) is 0 Å². The number of aryl methyl sites for hydroxylation is 1. The fourth-order valence-corrected chi connectivity index (χ4v) is 5.32. The van der Waals surface area contributed by atoms with Crippen LogP contribution >= 0.6 is 27.2 Å². The fourth-order valence-electron chi connectivity index (χ4n) is 4.02. The van der Waals surface area contributed by atoms with Gasteiger partial charge in [-0.2, -0.15) is 0 Å². The molecule has 1 saturated heterocycles. The third-order valence-electron chi connectivity index (χ3n) is 5.90. The van der Waals surface area contributed by atoms with Crippen LogP contribution in [0.5, 0.6) is 5.75 Å². The number of phenolic OH excluding ortho intramolecular Hbond substituents is 1. The van der Waals surface area contributed by atoms with E-state index in [2.05, 4.69) is 83.7 Å². The molecule has 1 heterocycles. The molecule has 1 N–H and O–H groups in total. The van der Waals surface area contributed by atoms with Crippen LogP contribution in [0.4, 0.5) is 5.69 Å². The molecule has 0 saturated carbocycles. The average molecular weight is 530 g/mol. The molecule has 1 aliphatic heterocycles. The summed E-state index contributed by atoms with van der Waals surface area (Å²) < 4.78 is 0. The monoisotopic (exact) mass is 529 g/mol. The molecular weight excluding hydrogens is 492 g/mol. The standard InChI is InChI=1S/C26H38NOP.2ClH.Ti/c1-18-11-12-22(21(15-18)27-13-9-8-10-14-27)29-23-17-19(25(2,3)4)16-20(24(23)28)26(5,6)7;;;/h11-12,15-17,28-29H,8-10,13-14H2,1-7H3;2*1H;/q;;;+2/p-2. The van der Waals surface area contributed by atoms with E-state index in [1.165, 1.54) is 41.4 Å². The molecule has 2 aromatic rings. The van der Waals surface area contributed by atoms with E-state index in [1.54, 1.807) is 0 Å². The molecule has 32 heavy (non-hydrogen) atoms. The van der Waals surface area contributed by atoms with Crippen LogP contribution in [0.2, 0.25) is 0 Å². The van der Waals surface area contributed by atoms with Gasteiger partial charge in [0.15, 0.2) is 0 Å². The third-order valence-corrected chi connectivity index (χ3v) is 7.25. The maximum atomic E-state index is 11.2. The number of benzene rings is 2. The minimum absolute atomic E-state index is 0.0515. The van der Waals surface area contributed by atoms with Gasteiger partial charge >= 0.3 is 35.6 Å². The molecule has 1 aliphatic rings. The molecule has 2 nitrogen and oxygen atoms in total. The molecule has 176 valence electrons. The maximum absolute atomic E-state index is 11.2. The van der Waals surface area contributed by atoms with Gasteiger partial charge < -0.3 is 10.0 Å². The normalized spacial score (nSPS) is 15.0. The van der Waals surface area contributed by atoms with Crippen LogP contribution in [-0.4, -0.2) is 18.2 Å². The predicted octanol–water partition coefficient (Wildman–Crippen LogP) is 7.29. The molecule has 1 fully saturated rings. The molecule has 0 spiro atoms. The Morgan fingerprint density at radius 2 is 1.47 bits per heavy atom. The van der Waals surface area contributed by atoms with E-state index in [4.69, 9.17) is 18.6 Å². The second kappa shape index (κ2) is 11.9. The molecule has 1 unspecified atom stereocenters. The van der Waals surface area contributed by atoms with Crippen LogP contribution in [-0.2, 0) is 27.9 Å². The van der Waals surface area contributed by atoms with Crippen molar-refractivity contribution < 1.29 is 22.1 Å². The number of piperidine rings is 1.